The lowest BCUT2D eigenvalue weighted by Gasteiger charge is -2.29. The first-order valence-corrected chi connectivity index (χ1v) is 6.05. The van der Waals surface area contributed by atoms with Crippen LogP contribution < -0.4 is 5.32 Å². The van der Waals surface area contributed by atoms with Gasteiger partial charge >= 0.3 is 0 Å². The Morgan fingerprint density at radius 1 is 1.35 bits per heavy atom. The summed E-state index contributed by atoms with van der Waals surface area (Å²) in [5.41, 5.74) is 0.702. The first kappa shape index (κ1) is 13.7. The van der Waals surface area contributed by atoms with Crippen LogP contribution in [0.2, 0.25) is 0 Å². The van der Waals surface area contributed by atoms with Crippen LogP contribution in [0.15, 0.2) is 30.3 Å². The third-order valence-corrected chi connectivity index (χ3v) is 3.09. The molecule has 0 saturated heterocycles. The number of benzene rings is 1. The zero-order chi connectivity index (χ0) is 12.7. The van der Waals surface area contributed by atoms with E-state index in [1.54, 1.807) is 0 Å². The normalized spacial score (nSPS) is 14.1. The molecule has 0 spiro atoms. The van der Waals surface area contributed by atoms with Crippen LogP contribution in [-0.4, -0.2) is 23.2 Å². The molecule has 1 amide bonds. The molecule has 94 valence electrons. The molecule has 17 heavy (non-hydrogen) atoms. The first-order valence-electron chi connectivity index (χ1n) is 6.05. The monoisotopic (exact) mass is 235 g/mol. The lowest BCUT2D eigenvalue weighted by atomic mass is 9.94. The fourth-order valence-corrected chi connectivity index (χ4v) is 1.74. The van der Waals surface area contributed by atoms with Crippen molar-refractivity contribution in [3.8, 4) is 0 Å². The molecular weight excluding hydrogens is 214 g/mol. The number of carbonyl (C=O) groups excluding carboxylic acids is 1. The molecule has 0 aromatic heterocycles. The van der Waals surface area contributed by atoms with E-state index in [9.17, 15) is 4.79 Å². The fraction of sp³-hybridized carbons (Fsp3) is 0.500. The molecule has 0 aliphatic carbocycles. The van der Waals surface area contributed by atoms with E-state index < -0.39 is 0 Å². The minimum absolute atomic E-state index is 0.00833. The molecule has 0 saturated carbocycles. The van der Waals surface area contributed by atoms with E-state index in [0.29, 0.717) is 12.8 Å². The molecule has 1 aromatic rings. The number of hydrogen-bond donors (Lipinski definition) is 2. The van der Waals surface area contributed by atoms with Gasteiger partial charge in [0, 0.05) is 12.1 Å². The van der Waals surface area contributed by atoms with Gasteiger partial charge in [0.15, 0.2) is 0 Å². The highest BCUT2D eigenvalue weighted by atomic mass is 16.3. The van der Waals surface area contributed by atoms with E-state index in [2.05, 4.69) is 5.32 Å². The molecule has 0 aliphatic rings. The van der Waals surface area contributed by atoms with Crippen molar-refractivity contribution in [1.82, 2.24) is 5.32 Å². The van der Waals surface area contributed by atoms with Crippen LogP contribution in [0.3, 0.4) is 0 Å². The molecule has 1 rings (SSSR count). The Hall–Kier alpha value is -1.35. The van der Waals surface area contributed by atoms with Gasteiger partial charge in [0.05, 0.1) is 6.42 Å². The van der Waals surface area contributed by atoms with E-state index >= 15 is 0 Å². The van der Waals surface area contributed by atoms with E-state index in [4.69, 9.17) is 5.11 Å². The number of hydrogen-bond acceptors (Lipinski definition) is 2. The van der Waals surface area contributed by atoms with Gasteiger partial charge in [-0.15, -0.1) is 0 Å². The van der Waals surface area contributed by atoms with Crippen LogP contribution >= 0.6 is 0 Å². The van der Waals surface area contributed by atoms with E-state index in [-0.39, 0.29) is 18.1 Å². The van der Waals surface area contributed by atoms with Crippen LogP contribution in [0.25, 0.3) is 0 Å². The summed E-state index contributed by atoms with van der Waals surface area (Å²) in [5.74, 6) is 0.00833. The predicted molar refractivity (Wildman–Crippen MR) is 68.7 cm³/mol. The quantitative estimate of drug-likeness (QED) is 0.791. The Morgan fingerprint density at radius 3 is 2.53 bits per heavy atom. The van der Waals surface area contributed by atoms with Gasteiger partial charge in [-0.2, -0.15) is 0 Å². The topological polar surface area (TPSA) is 49.3 Å². The molecule has 0 aliphatic heterocycles. The summed E-state index contributed by atoms with van der Waals surface area (Å²) in [6, 6.07) is 9.66. The third kappa shape index (κ3) is 4.57. The Labute approximate surface area is 103 Å². The SMILES string of the molecule is CCC(C)(CCO)NC(=O)Cc1ccccc1. The number of amides is 1. The van der Waals surface area contributed by atoms with Crippen molar-refractivity contribution < 1.29 is 9.90 Å². The van der Waals surface area contributed by atoms with Crippen molar-refractivity contribution >= 4 is 5.91 Å². The summed E-state index contributed by atoms with van der Waals surface area (Å²) in [5, 5.41) is 12.0. The molecule has 1 aromatic carbocycles. The van der Waals surface area contributed by atoms with E-state index in [0.717, 1.165) is 12.0 Å². The highest BCUT2D eigenvalue weighted by molar-refractivity contribution is 5.79. The molecular formula is C14H21NO2. The van der Waals surface area contributed by atoms with E-state index in [1.807, 2.05) is 44.2 Å². The van der Waals surface area contributed by atoms with Crippen LogP contribution in [0, 0.1) is 0 Å². The van der Waals surface area contributed by atoms with Gasteiger partial charge in [-0.05, 0) is 25.3 Å². The van der Waals surface area contributed by atoms with Crippen molar-refractivity contribution in [3.63, 3.8) is 0 Å². The maximum atomic E-state index is 11.9. The van der Waals surface area contributed by atoms with Crippen LogP contribution in [0.5, 0.6) is 0 Å². The smallest absolute Gasteiger partial charge is 0.224 e. The molecule has 1 atom stereocenters. The van der Waals surface area contributed by atoms with Gasteiger partial charge in [-0.25, -0.2) is 0 Å². The van der Waals surface area contributed by atoms with Gasteiger partial charge in [0.2, 0.25) is 5.91 Å². The number of rotatable bonds is 6. The Kier molecular flexibility index (Phi) is 5.16. The van der Waals surface area contributed by atoms with Gasteiger partial charge in [0.1, 0.15) is 0 Å². The molecule has 2 N–H and O–H groups in total. The Morgan fingerprint density at radius 2 is 2.00 bits per heavy atom. The second kappa shape index (κ2) is 6.40. The van der Waals surface area contributed by atoms with Gasteiger partial charge in [-0.1, -0.05) is 37.3 Å². The fourth-order valence-electron chi connectivity index (χ4n) is 1.74. The number of carbonyl (C=O) groups is 1. The van der Waals surface area contributed by atoms with E-state index in [1.165, 1.54) is 0 Å². The van der Waals surface area contributed by atoms with Crippen LogP contribution in [-0.2, 0) is 11.2 Å². The Balaban J connectivity index is 2.54. The van der Waals surface area contributed by atoms with Crippen molar-refractivity contribution in [2.24, 2.45) is 0 Å². The first-order chi connectivity index (χ1) is 8.09. The standard InChI is InChI=1S/C14H21NO2/c1-3-14(2,9-10-16)15-13(17)11-12-7-5-4-6-8-12/h4-8,16H,3,9-11H2,1-2H3,(H,15,17). The average molecular weight is 235 g/mol. The zero-order valence-corrected chi connectivity index (χ0v) is 10.6. The van der Waals surface area contributed by atoms with Gasteiger partial charge < -0.3 is 10.4 Å². The maximum Gasteiger partial charge on any atom is 0.224 e. The summed E-state index contributed by atoms with van der Waals surface area (Å²) < 4.78 is 0. The minimum Gasteiger partial charge on any atom is -0.396 e. The van der Waals surface area contributed by atoms with Crippen LogP contribution in [0.4, 0.5) is 0 Å². The average Bonchev–Trinajstić information content (AvgIpc) is 2.30. The maximum absolute atomic E-state index is 11.9. The lowest BCUT2D eigenvalue weighted by Crippen LogP contribution is -2.46. The molecule has 3 nitrogen and oxygen atoms in total. The Bertz CT molecular complexity index is 350. The zero-order valence-electron chi connectivity index (χ0n) is 10.6. The summed E-state index contributed by atoms with van der Waals surface area (Å²) in [6.07, 6.45) is 1.79. The minimum atomic E-state index is -0.305. The van der Waals surface area contributed by atoms with Crippen molar-refractivity contribution in [2.75, 3.05) is 6.61 Å². The van der Waals surface area contributed by atoms with Crippen molar-refractivity contribution in [1.29, 1.82) is 0 Å². The molecule has 3 heteroatoms. The largest absolute Gasteiger partial charge is 0.396 e. The molecule has 0 fully saturated rings. The van der Waals surface area contributed by atoms with Gasteiger partial charge in [0.25, 0.3) is 0 Å². The summed E-state index contributed by atoms with van der Waals surface area (Å²) in [4.78, 5) is 11.9. The van der Waals surface area contributed by atoms with Crippen molar-refractivity contribution in [2.45, 2.75) is 38.6 Å². The second-order valence-corrected chi connectivity index (χ2v) is 4.60. The number of aliphatic hydroxyl groups is 1. The predicted octanol–water partition coefficient (Wildman–Crippen LogP) is 1.90. The molecule has 0 radical (unpaired) electrons. The summed E-state index contributed by atoms with van der Waals surface area (Å²) >= 11 is 0. The number of nitrogens with one attached hydrogen (secondary N) is 1. The third-order valence-electron chi connectivity index (χ3n) is 3.09. The van der Waals surface area contributed by atoms with Crippen LogP contribution in [0.1, 0.15) is 32.3 Å². The molecule has 0 bridgehead atoms. The molecule has 1 unspecified atom stereocenters. The summed E-state index contributed by atoms with van der Waals surface area (Å²) in [6.45, 7) is 4.07. The number of aliphatic hydroxyl groups excluding tert-OH is 1. The highest BCUT2D eigenvalue weighted by Gasteiger charge is 2.23. The second-order valence-electron chi connectivity index (χ2n) is 4.60. The summed E-state index contributed by atoms with van der Waals surface area (Å²) in [7, 11) is 0. The van der Waals surface area contributed by atoms with Crippen molar-refractivity contribution in [3.05, 3.63) is 35.9 Å². The highest BCUT2D eigenvalue weighted by Crippen LogP contribution is 2.14. The lowest BCUT2D eigenvalue weighted by molar-refractivity contribution is -0.122. The molecule has 0 heterocycles. The van der Waals surface area contributed by atoms with Gasteiger partial charge in [-0.3, -0.25) is 4.79 Å².